The zero-order valence-corrected chi connectivity index (χ0v) is 17.8. The SMILES string of the molecule is COCC(NC(=O)N1CC(=O)Nc2cc(C3CCC3)cnc21)c1ccc(OC(F)(F)F)cc1. The molecule has 0 spiro atoms. The van der Waals surface area contributed by atoms with Crippen LogP contribution in [0.2, 0.25) is 0 Å². The summed E-state index contributed by atoms with van der Waals surface area (Å²) in [6.07, 6.45) is 0.239. The number of aromatic nitrogens is 1. The normalized spacial score (nSPS) is 17.0. The Morgan fingerprint density at radius 1 is 1.30 bits per heavy atom. The summed E-state index contributed by atoms with van der Waals surface area (Å²) in [5.74, 6) is 0.0311. The molecule has 1 unspecified atom stereocenters. The minimum atomic E-state index is -4.80. The first-order valence-electron chi connectivity index (χ1n) is 10.5. The van der Waals surface area contributed by atoms with Gasteiger partial charge in [0.05, 0.1) is 18.3 Å². The molecule has 1 aliphatic carbocycles. The molecule has 0 saturated heterocycles. The van der Waals surface area contributed by atoms with E-state index >= 15 is 0 Å². The molecule has 8 nitrogen and oxygen atoms in total. The number of fused-ring (bicyclic) bond motifs is 1. The lowest BCUT2D eigenvalue weighted by Crippen LogP contribution is -2.49. The minimum absolute atomic E-state index is 0.0617. The number of hydrogen-bond acceptors (Lipinski definition) is 5. The van der Waals surface area contributed by atoms with Crippen LogP contribution in [0.25, 0.3) is 0 Å². The number of urea groups is 1. The minimum Gasteiger partial charge on any atom is -0.406 e. The molecule has 1 aliphatic heterocycles. The van der Waals surface area contributed by atoms with E-state index in [1.165, 1.54) is 24.1 Å². The summed E-state index contributed by atoms with van der Waals surface area (Å²) in [6.45, 7) is -0.154. The topological polar surface area (TPSA) is 92.8 Å². The van der Waals surface area contributed by atoms with Crippen LogP contribution < -0.4 is 20.3 Å². The summed E-state index contributed by atoms with van der Waals surface area (Å²) in [5, 5.41) is 5.54. The van der Waals surface area contributed by atoms with E-state index < -0.39 is 18.4 Å². The third-order valence-corrected chi connectivity index (χ3v) is 5.69. The molecule has 176 valence electrons. The van der Waals surface area contributed by atoms with Gasteiger partial charge in [-0.3, -0.25) is 9.69 Å². The number of carbonyl (C=O) groups excluding carboxylic acids is 2. The van der Waals surface area contributed by atoms with Gasteiger partial charge in [0.2, 0.25) is 5.91 Å². The number of carbonyl (C=O) groups is 2. The Morgan fingerprint density at radius 3 is 2.64 bits per heavy atom. The van der Waals surface area contributed by atoms with Gasteiger partial charge in [-0.25, -0.2) is 9.78 Å². The van der Waals surface area contributed by atoms with E-state index in [-0.39, 0.29) is 24.8 Å². The van der Waals surface area contributed by atoms with E-state index in [0.29, 0.717) is 23.0 Å². The standard InChI is InChI=1S/C22H23F3N4O4/c1-32-12-18(14-5-7-16(8-6-14)33-22(23,24)25)28-21(31)29-11-19(30)27-17-9-15(10-26-20(17)29)13-3-2-4-13/h5-10,13,18H,2-4,11-12H2,1H3,(H,27,30)(H,28,31). The van der Waals surface area contributed by atoms with Gasteiger partial charge in [-0.1, -0.05) is 18.6 Å². The molecule has 3 amide bonds. The predicted octanol–water partition coefficient (Wildman–Crippen LogP) is 4.10. The smallest absolute Gasteiger partial charge is 0.406 e. The maximum Gasteiger partial charge on any atom is 0.573 e. The van der Waals surface area contributed by atoms with Gasteiger partial charge in [0, 0.05) is 13.3 Å². The lowest BCUT2D eigenvalue weighted by Gasteiger charge is -2.32. The van der Waals surface area contributed by atoms with Crippen molar-refractivity contribution < 1.29 is 32.2 Å². The van der Waals surface area contributed by atoms with Crippen LogP contribution in [0.1, 0.15) is 42.3 Å². The van der Waals surface area contributed by atoms with Crippen molar-refractivity contribution in [3.05, 3.63) is 47.7 Å². The van der Waals surface area contributed by atoms with E-state index in [2.05, 4.69) is 20.4 Å². The molecule has 2 aliphatic rings. The number of hydrogen-bond donors (Lipinski definition) is 2. The lowest BCUT2D eigenvalue weighted by molar-refractivity contribution is -0.274. The van der Waals surface area contributed by atoms with Crippen molar-refractivity contribution in [2.24, 2.45) is 0 Å². The number of anilines is 2. The number of ether oxygens (including phenoxy) is 2. The molecule has 1 aromatic carbocycles. The van der Waals surface area contributed by atoms with Gasteiger partial charge in [-0.05, 0) is 48.1 Å². The highest BCUT2D eigenvalue weighted by Gasteiger charge is 2.32. The lowest BCUT2D eigenvalue weighted by atomic mass is 9.80. The van der Waals surface area contributed by atoms with Crippen molar-refractivity contribution >= 4 is 23.4 Å². The molecule has 2 heterocycles. The van der Waals surface area contributed by atoms with E-state index in [1.54, 1.807) is 6.20 Å². The molecule has 1 fully saturated rings. The summed E-state index contributed by atoms with van der Waals surface area (Å²) in [5.41, 5.74) is 2.01. The number of rotatable bonds is 6. The molecule has 1 aromatic heterocycles. The number of nitrogens with one attached hydrogen (secondary N) is 2. The van der Waals surface area contributed by atoms with Gasteiger partial charge in [0.15, 0.2) is 5.82 Å². The maximum atomic E-state index is 13.1. The zero-order valence-electron chi connectivity index (χ0n) is 17.8. The summed E-state index contributed by atoms with van der Waals surface area (Å²) in [7, 11) is 1.44. The molecule has 2 N–H and O–H groups in total. The van der Waals surface area contributed by atoms with Crippen LogP contribution in [0.3, 0.4) is 0 Å². The molecule has 1 saturated carbocycles. The second-order valence-electron chi connectivity index (χ2n) is 7.98. The fourth-order valence-electron chi connectivity index (χ4n) is 3.84. The van der Waals surface area contributed by atoms with Gasteiger partial charge in [-0.2, -0.15) is 0 Å². The van der Waals surface area contributed by atoms with Crippen LogP contribution in [0.15, 0.2) is 36.5 Å². The third kappa shape index (κ3) is 5.36. The van der Waals surface area contributed by atoms with Crippen LogP contribution >= 0.6 is 0 Å². The quantitative estimate of drug-likeness (QED) is 0.672. The highest BCUT2D eigenvalue weighted by atomic mass is 19.4. The Kier molecular flexibility index (Phi) is 6.41. The zero-order chi connectivity index (χ0) is 23.6. The highest BCUT2D eigenvalue weighted by Crippen LogP contribution is 2.39. The average molecular weight is 464 g/mol. The fraction of sp³-hybridized carbons (Fsp3) is 0.409. The van der Waals surface area contributed by atoms with Crippen molar-refractivity contribution in [1.82, 2.24) is 10.3 Å². The molecule has 1 atom stereocenters. The third-order valence-electron chi connectivity index (χ3n) is 5.69. The van der Waals surface area contributed by atoms with Crippen LogP contribution in [0.4, 0.5) is 29.5 Å². The van der Waals surface area contributed by atoms with E-state index in [1.807, 2.05) is 6.07 Å². The van der Waals surface area contributed by atoms with Gasteiger partial charge in [-0.15, -0.1) is 13.2 Å². The van der Waals surface area contributed by atoms with Crippen molar-refractivity contribution in [2.75, 3.05) is 30.5 Å². The Morgan fingerprint density at radius 2 is 2.03 bits per heavy atom. The first-order valence-corrected chi connectivity index (χ1v) is 10.5. The van der Waals surface area contributed by atoms with Crippen LogP contribution in [-0.2, 0) is 9.53 Å². The predicted molar refractivity (Wildman–Crippen MR) is 113 cm³/mol. The number of amides is 3. The van der Waals surface area contributed by atoms with Crippen molar-refractivity contribution in [3.63, 3.8) is 0 Å². The molecule has 4 rings (SSSR count). The second-order valence-corrected chi connectivity index (χ2v) is 7.98. The Labute approximate surface area is 188 Å². The van der Waals surface area contributed by atoms with Crippen LogP contribution in [-0.4, -0.2) is 43.5 Å². The Balaban J connectivity index is 1.51. The van der Waals surface area contributed by atoms with Crippen LogP contribution in [0, 0.1) is 0 Å². The Hall–Kier alpha value is -3.34. The molecule has 0 bridgehead atoms. The molecule has 33 heavy (non-hydrogen) atoms. The number of benzene rings is 1. The summed E-state index contributed by atoms with van der Waals surface area (Å²) in [6, 6.07) is 5.74. The highest BCUT2D eigenvalue weighted by molar-refractivity contribution is 6.08. The Bertz CT molecular complexity index is 1030. The average Bonchev–Trinajstić information content (AvgIpc) is 2.70. The molecular formula is C22H23F3N4O4. The summed E-state index contributed by atoms with van der Waals surface area (Å²) >= 11 is 0. The van der Waals surface area contributed by atoms with Gasteiger partial charge in [0.25, 0.3) is 0 Å². The number of halogens is 3. The summed E-state index contributed by atoms with van der Waals surface area (Å²) < 4.78 is 46.3. The largest absolute Gasteiger partial charge is 0.573 e. The second kappa shape index (κ2) is 9.26. The van der Waals surface area contributed by atoms with E-state index in [9.17, 15) is 22.8 Å². The monoisotopic (exact) mass is 464 g/mol. The summed E-state index contributed by atoms with van der Waals surface area (Å²) in [4.78, 5) is 31.0. The van der Waals surface area contributed by atoms with Crippen molar-refractivity contribution in [2.45, 2.75) is 37.6 Å². The van der Waals surface area contributed by atoms with Gasteiger partial charge in [0.1, 0.15) is 12.3 Å². The molecular weight excluding hydrogens is 441 g/mol. The maximum absolute atomic E-state index is 13.1. The van der Waals surface area contributed by atoms with Crippen LogP contribution in [0.5, 0.6) is 5.75 Å². The molecule has 11 heteroatoms. The number of alkyl halides is 3. The van der Waals surface area contributed by atoms with Crippen molar-refractivity contribution in [1.29, 1.82) is 0 Å². The number of methoxy groups -OCH3 is 1. The van der Waals surface area contributed by atoms with Gasteiger partial charge < -0.3 is 20.1 Å². The molecule has 2 aromatic rings. The number of pyridine rings is 1. The van der Waals surface area contributed by atoms with Gasteiger partial charge >= 0.3 is 12.4 Å². The number of nitrogens with zero attached hydrogens (tertiary/aromatic N) is 2. The fourth-order valence-corrected chi connectivity index (χ4v) is 3.84. The van der Waals surface area contributed by atoms with E-state index in [0.717, 1.165) is 37.0 Å². The van der Waals surface area contributed by atoms with E-state index in [4.69, 9.17) is 4.74 Å². The first kappa shape index (κ1) is 22.8. The molecule has 0 radical (unpaired) electrons. The van der Waals surface area contributed by atoms with Crippen molar-refractivity contribution in [3.8, 4) is 5.75 Å². The first-order chi connectivity index (χ1) is 15.7.